The number of amides is 3. The lowest BCUT2D eigenvalue weighted by molar-refractivity contribution is -0.165. The molecule has 0 saturated carbocycles. The lowest BCUT2D eigenvalue weighted by atomic mass is 9.68. The molecule has 1 aliphatic carbocycles. The average Bonchev–Trinajstić information content (AvgIpc) is 3.01. The van der Waals surface area contributed by atoms with Gasteiger partial charge in [-0.1, -0.05) is 98.6 Å². The van der Waals surface area contributed by atoms with E-state index < -0.39 is 71.5 Å². The third kappa shape index (κ3) is 10.1. The van der Waals surface area contributed by atoms with E-state index in [0.29, 0.717) is 16.5 Å². The number of hydrogen-bond acceptors (Lipinski definition) is 4. The first-order valence-corrected chi connectivity index (χ1v) is 15.3. The first kappa shape index (κ1) is 37.7. The van der Waals surface area contributed by atoms with E-state index in [9.17, 15) is 41.1 Å². The molecule has 14 heteroatoms. The zero-order chi connectivity index (χ0) is 35.2. The van der Waals surface area contributed by atoms with Crippen LogP contribution in [0.5, 0.6) is 0 Å². The first-order valence-electron chi connectivity index (χ1n) is 14.6. The van der Waals surface area contributed by atoms with Crippen LogP contribution in [0.3, 0.4) is 0 Å². The number of benzene rings is 2. The number of Topliss-reactive ketones (excluding diaryl/α,β-unsaturated/α-hetero) is 1. The largest absolute Gasteiger partial charge is 0.405 e. The molecule has 1 aliphatic rings. The summed E-state index contributed by atoms with van der Waals surface area (Å²) in [5.41, 5.74) is 0.391. The number of ketones is 1. The summed E-state index contributed by atoms with van der Waals surface area (Å²) in [6.45, 7) is 2.46. The molecule has 0 fully saturated rings. The van der Waals surface area contributed by atoms with Gasteiger partial charge in [-0.25, -0.2) is 0 Å². The molecule has 0 aromatic heterocycles. The number of alkyl halides is 5. The fourth-order valence-electron chi connectivity index (χ4n) is 5.16. The highest BCUT2D eigenvalue weighted by molar-refractivity contribution is 6.31. The van der Waals surface area contributed by atoms with Gasteiger partial charge in [0.1, 0.15) is 12.6 Å². The maximum Gasteiger partial charge on any atom is 0.405 e. The Labute approximate surface area is 278 Å². The number of carbonyl (C=O) groups is 4. The van der Waals surface area contributed by atoms with Gasteiger partial charge >= 0.3 is 12.1 Å². The maximum atomic E-state index is 14.8. The lowest BCUT2D eigenvalue weighted by Crippen LogP contribution is -2.58. The minimum absolute atomic E-state index is 0.146. The first-order chi connectivity index (χ1) is 21.8. The molecule has 2 aromatic rings. The molecule has 254 valence electrons. The normalized spacial score (nSPS) is 18.5. The van der Waals surface area contributed by atoms with Gasteiger partial charge in [0.15, 0.2) is 0 Å². The maximum absolute atomic E-state index is 14.8. The molecular formula is C33H34Cl2F5N3O4. The van der Waals surface area contributed by atoms with Gasteiger partial charge in [-0.15, -0.1) is 0 Å². The minimum atomic E-state index is -5.00. The molecule has 7 nitrogen and oxygen atoms in total. The molecule has 4 atom stereocenters. The zero-order valence-corrected chi connectivity index (χ0v) is 27.1. The van der Waals surface area contributed by atoms with E-state index in [0.717, 1.165) is 10.9 Å². The van der Waals surface area contributed by atoms with Crippen LogP contribution in [-0.2, 0) is 19.2 Å². The Hall–Kier alpha value is -3.77. The summed E-state index contributed by atoms with van der Waals surface area (Å²) in [5.74, 6) is -12.6. The molecule has 47 heavy (non-hydrogen) atoms. The van der Waals surface area contributed by atoms with Gasteiger partial charge < -0.3 is 16.0 Å². The van der Waals surface area contributed by atoms with Crippen LogP contribution in [0.25, 0.3) is 0 Å². The van der Waals surface area contributed by atoms with E-state index in [1.165, 1.54) is 26.0 Å². The number of rotatable bonds is 13. The van der Waals surface area contributed by atoms with Gasteiger partial charge in [-0.05, 0) is 47.1 Å². The zero-order valence-electron chi connectivity index (χ0n) is 25.6. The van der Waals surface area contributed by atoms with Crippen LogP contribution in [-0.4, -0.2) is 48.2 Å². The quantitative estimate of drug-likeness (QED) is 0.158. The topological polar surface area (TPSA) is 104 Å². The molecule has 0 saturated heterocycles. The third-order valence-electron chi connectivity index (χ3n) is 7.79. The fourth-order valence-corrected chi connectivity index (χ4v) is 5.50. The summed E-state index contributed by atoms with van der Waals surface area (Å²) in [7, 11) is 0. The highest BCUT2D eigenvalue weighted by Gasteiger charge is 2.52. The Morgan fingerprint density at radius 2 is 1.55 bits per heavy atom. The van der Waals surface area contributed by atoms with Crippen molar-refractivity contribution < 1.29 is 41.1 Å². The van der Waals surface area contributed by atoms with Gasteiger partial charge in [0.2, 0.25) is 17.6 Å². The lowest BCUT2D eigenvalue weighted by Gasteiger charge is -2.37. The van der Waals surface area contributed by atoms with E-state index in [4.69, 9.17) is 23.2 Å². The smallest absolute Gasteiger partial charge is 0.344 e. The molecule has 0 heterocycles. The van der Waals surface area contributed by atoms with E-state index >= 15 is 0 Å². The fraction of sp³-hybridized carbons (Fsp3) is 0.394. The predicted octanol–water partition coefficient (Wildman–Crippen LogP) is 6.78. The predicted molar refractivity (Wildman–Crippen MR) is 168 cm³/mol. The number of halogens is 7. The van der Waals surface area contributed by atoms with Gasteiger partial charge in [0.05, 0.1) is 6.04 Å². The van der Waals surface area contributed by atoms with E-state index in [1.54, 1.807) is 42.5 Å². The number of hydrogen-bond donors (Lipinski definition) is 3. The summed E-state index contributed by atoms with van der Waals surface area (Å²) in [6.07, 6.45) is 0.773. The van der Waals surface area contributed by atoms with Crippen LogP contribution in [0, 0.1) is 11.3 Å². The standard InChI is InChI=1S/C33H34Cl2F5N3O4/c1-19(2)26(28(45)33(39,40)30(47)41-18-32(36,37)38)43-29(46)27(20-8-5-4-6-9-20)42-25(44)17-24(21-10-7-11-23(35)16-21)31(3)14-12-22(34)13-15-31/h4-14,16,19,24,26-27H,15,17-18H2,1-3H3,(H,41,47)(H,42,44)(H,43,46)/t24-,26-,27-,31?/m0/s1. The molecule has 3 N–H and O–H groups in total. The Morgan fingerprint density at radius 1 is 0.915 bits per heavy atom. The van der Waals surface area contributed by atoms with Gasteiger partial charge in [-0.3, -0.25) is 19.2 Å². The van der Waals surface area contributed by atoms with Crippen LogP contribution in [0.1, 0.15) is 56.7 Å². The molecule has 2 aromatic carbocycles. The van der Waals surface area contributed by atoms with Crippen molar-refractivity contribution in [1.82, 2.24) is 16.0 Å². The Kier molecular flexibility index (Phi) is 12.4. The summed E-state index contributed by atoms with van der Waals surface area (Å²) in [4.78, 5) is 52.0. The monoisotopic (exact) mass is 701 g/mol. The van der Waals surface area contributed by atoms with Crippen molar-refractivity contribution in [2.75, 3.05) is 6.54 Å². The second kappa shape index (κ2) is 15.4. The highest BCUT2D eigenvalue weighted by Crippen LogP contribution is 2.46. The van der Waals surface area contributed by atoms with Crippen molar-refractivity contribution in [2.24, 2.45) is 11.3 Å². The van der Waals surface area contributed by atoms with Crippen LogP contribution in [0.15, 0.2) is 77.9 Å². The van der Waals surface area contributed by atoms with Gasteiger partial charge in [0.25, 0.3) is 5.91 Å². The molecule has 0 radical (unpaired) electrons. The Morgan fingerprint density at radius 3 is 2.11 bits per heavy atom. The highest BCUT2D eigenvalue weighted by atomic mass is 35.5. The average molecular weight is 703 g/mol. The third-order valence-corrected chi connectivity index (χ3v) is 8.30. The van der Waals surface area contributed by atoms with Crippen LogP contribution in [0.2, 0.25) is 5.02 Å². The number of allylic oxidation sites excluding steroid dienone is 4. The second-order valence-electron chi connectivity index (χ2n) is 11.8. The number of nitrogens with one attached hydrogen (secondary N) is 3. The van der Waals surface area contributed by atoms with Crippen molar-refractivity contribution in [2.45, 2.75) is 63.7 Å². The van der Waals surface area contributed by atoms with E-state index in [1.807, 2.05) is 25.1 Å². The molecule has 0 aliphatic heterocycles. The molecule has 0 bridgehead atoms. The summed E-state index contributed by atoms with van der Waals surface area (Å²) >= 11 is 12.4. The molecule has 3 rings (SSSR count). The van der Waals surface area contributed by atoms with Crippen LogP contribution < -0.4 is 16.0 Å². The minimum Gasteiger partial charge on any atom is -0.344 e. The van der Waals surface area contributed by atoms with Crippen molar-refractivity contribution >= 4 is 46.7 Å². The molecule has 1 unspecified atom stereocenters. The SMILES string of the molecule is CC(C)[C@H](NC(=O)[C@@H](NC(=O)C[C@@H](c1cccc(Cl)c1)C1(C)C=CC(Cl)=CC1)c1ccccc1)C(=O)C(F)(F)C(=O)NCC(F)(F)F. The summed E-state index contributed by atoms with van der Waals surface area (Å²) in [6, 6.07) is 11.3. The van der Waals surface area contributed by atoms with E-state index in [2.05, 4.69) is 10.6 Å². The van der Waals surface area contributed by atoms with E-state index in [-0.39, 0.29) is 12.0 Å². The van der Waals surface area contributed by atoms with Crippen molar-refractivity contribution in [3.8, 4) is 0 Å². The molecule has 0 spiro atoms. The molecule has 3 amide bonds. The van der Waals surface area contributed by atoms with Crippen molar-refractivity contribution in [1.29, 1.82) is 0 Å². The van der Waals surface area contributed by atoms with Gasteiger partial charge in [-0.2, -0.15) is 22.0 Å². The van der Waals surface area contributed by atoms with Crippen LogP contribution in [0.4, 0.5) is 22.0 Å². The van der Waals surface area contributed by atoms with Crippen molar-refractivity contribution in [3.63, 3.8) is 0 Å². The summed E-state index contributed by atoms with van der Waals surface area (Å²) in [5, 5.41) is 6.81. The van der Waals surface area contributed by atoms with Gasteiger partial charge in [0, 0.05) is 22.4 Å². The Balaban J connectivity index is 1.89. The second-order valence-corrected chi connectivity index (χ2v) is 12.7. The van der Waals surface area contributed by atoms with Crippen molar-refractivity contribution in [3.05, 3.63) is 94.0 Å². The Bertz CT molecular complexity index is 1530. The number of carbonyl (C=O) groups excluding carboxylic acids is 4. The summed E-state index contributed by atoms with van der Waals surface area (Å²) < 4.78 is 67.1. The van der Waals surface area contributed by atoms with Crippen LogP contribution >= 0.6 is 23.2 Å². The molecular weight excluding hydrogens is 668 g/mol.